The number of esters is 1. The first-order valence-electron chi connectivity index (χ1n) is 7.30. The first-order chi connectivity index (χ1) is 8.72. The average molecular weight is 270 g/mol. The fourth-order valence-corrected chi connectivity index (χ4v) is 4.18. The molecule has 0 aliphatic heterocycles. The molecule has 0 amide bonds. The van der Waals surface area contributed by atoms with E-state index in [-0.39, 0.29) is 5.41 Å². The van der Waals surface area contributed by atoms with Gasteiger partial charge in [0.25, 0.3) is 0 Å². The van der Waals surface area contributed by atoms with Crippen molar-refractivity contribution < 1.29 is 19.7 Å². The van der Waals surface area contributed by atoms with E-state index in [9.17, 15) is 15.0 Å². The van der Waals surface area contributed by atoms with Gasteiger partial charge in [-0.3, -0.25) is 4.79 Å². The van der Waals surface area contributed by atoms with E-state index < -0.39 is 23.8 Å². The van der Waals surface area contributed by atoms with Crippen molar-refractivity contribution in [2.24, 2.45) is 17.3 Å². The summed E-state index contributed by atoms with van der Waals surface area (Å²) in [4.78, 5) is 11.1. The van der Waals surface area contributed by atoms with Gasteiger partial charge in [0.2, 0.25) is 0 Å². The number of hydrogen-bond acceptors (Lipinski definition) is 4. The summed E-state index contributed by atoms with van der Waals surface area (Å²) in [5.74, 6) is 0.496. The van der Waals surface area contributed by atoms with Crippen LogP contribution in [-0.4, -0.2) is 34.0 Å². The Morgan fingerprint density at radius 1 is 1.26 bits per heavy atom. The average Bonchev–Trinajstić information content (AvgIpc) is 2.34. The van der Waals surface area contributed by atoms with Crippen LogP contribution in [0.2, 0.25) is 0 Å². The number of rotatable bonds is 1. The van der Waals surface area contributed by atoms with E-state index in [0.717, 1.165) is 12.8 Å². The minimum atomic E-state index is -1.14. The smallest absolute Gasteiger partial charge is 0.302 e. The molecule has 0 aromatic carbocycles. The van der Waals surface area contributed by atoms with Crippen molar-refractivity contribution in [3.8, 4) is 0 Å². The van der Waals surface area contributed by atoms with Crippen molar-refractivity contribution in [2.45, 2.75) is 71.2 Å². The highest BCUT2D eigenvalue weighted by Crippen LogP contribution is 2.57. The monoisotopic (exact) mass is 270 g/mol. The lowest BCUT2D eigenvalue weighted by Gasteiger charge is -2.60. The molecular formula is C15H26O4. The predicted molar refractivity (Wildman–Crippen MR) is 71.4 cm³/mol. The molecule has 4 heteroatoms. The molecular weight excluding hydrogens is 244 g/mol. The van der Waals surface area contributed by atoms with Crippen LogP contribution in [0.3, 0.4) is 0 Å². The number of fused-ring (bicyclic) bond motifs is 1. The molecule has 2 rings (SSSR count). The standard InChI is InChI=1S/C15H26O4/c1-9-5-8-15(18)13(17)12(19-11(3)16)6-7-14(15,4)10(9)2/h9-10,12-13,17-18H,5-8H2,1-4H3/t9-,10-,12-,13-,14-,15-/m1/s1. The van der Waals surface area contributed by atoms with E-state index >= 15 is 0 Å². The van der Waals surface area contributed by atoms with Gasteiger partial charge >= 0.3 is 5.97 Å². The second-order valence-corrected chi connectivity index (χ2v) is 6.78. The Bertz CT molecular complexity index is 369. The first-order valence-corrected chi connectivity index (χ1v) is 7.30. The maximum Gasteiger partial charge on any atom is 0.302 e. The Labute approximate surface area is 115 Å². The van der Waals surface area contributed by atoms with Crippen molar-refractivity contribution in [3.63, 3.8) is 0 Å². The van der Waals surface area contributed by atoms with Gasteiger partial charge in [-0.25, -0.2) is 0 Å². The number of hydrogen-bond donors (Lipinski definition) is 2. The normalized spacial score (nSPS) is 50.4. The van der Waals surface area contributed by atoms with Crippen LogP contribution in [0.25, 0.3) is 0 Å². The van der Waals surface area contributed by atoms with E-state index in [1.54, 1.807) is 0 Å². The topological polar surface area (TPSA) is 66.8 Å². The fourth-order valence-electron chi connectivity index (χ4n) is 4.18. The summed E-state index contributed by atoms with van der Waals surface area (Å²) in [6, 6.07) is 0. The summed E-state index contributed by atoms with van der Waals surface area (Å²) >= 11 is 0. The van der Waals surface area contributed by atoms with Gasteiger partial charge < -0.3 is 14.9 Å². The number of ether oxygens (including phenoxy) is 1. The third-order valence-electron chi connectivity index (χ3n) is 5.94. The molecule has 0 saturated heterocycles. The molecule has 0 aromatic rings. The van der Waals surface area contributed by atoms with E-state index in [1.165, 1.54) is 6.92 Å². The molecule has 0 aromatic heterocycles. The molecule has 0 bridgehead atoms. The minimum Gasteiger partial charge on any atom is -0.460 e. The van der Waals surface area contributed by atoms with Gasteiger partial charge in [0.1, 0.15) is 12.2 Å². The van der Waals surface area contributed by atoms with Gasteiger partial charge in [-0.05, 0) is 37.5 Å². The Morgan fingerprint density at radius 2 is 1.89 bits per heavy atom. The molecule has 2 saturated carbocycles. The lowest BCUT2D eigenvalue weighted by Crippen LogP contribution is -2.67. The maximum atomic E-state index is 11.1. The summed E-state index contributed by atoms with van der Waals surface area (Å²) in [5.41, 5.74) is -1.45. The zero-order chi connectivity index (χ0) is 14.4. The largest absolute Gasteiger partial charge is 0.460 e. The molecule has 4 nitrogen and oxygen atoms in total. The van der Waals surface area contributed by atoms with E-state index in [0.29, 0.717) is 24.7 Å². The van der Waals surface area contributed by atoms with Gasteiger partial charge in [-0.2, -0.15) is 0 Å². The van der Waals surface area contributed by atoms with Crippen LogP contribution in [0, 0.1) is 17.3 Å². The SMILES string of the molecule is CC(=O)O[C@@H]1CC[C@]2(C)[C@H](C)[C@H](C)CC[C@@]2(O)[C@@H]1O. The molecule has 19 heavy (non-hydrogen) atoms. The zero-order valence-electron chi connectivity index (χ0n) is 12.3. The predicted octanol–water partition coefficient (Wildman–Crippen LogP) is 1.88. The summed E-state index contributed by atoms with van der Waals surface area (Å²) < 4.78 is 5.18. The number of aliphatic hydroxyl groups is 2. The Balaban J connectivity index is 2.28. The Kier molecular flexibility index (Phi) is 3.69. The number of carbonyl (C=O) groups is 1. The summed E-state index contributed by atoms with van der Waals surface area (Å²) in [6.45, 7) is 7.78. The van der Waals surface area contributed by atoms with Crippen molar-refractivity contribution in [1.82, 2.24) is 0 Å². The quantitative estimate of drug-likeness (QED) is 0.714. The minimum absolute atomic E-state index is 0.305. The summed E-state index contributed by atoms with van der Waals surface area (Å²) in [6.07, 6.45) is 1.33. The second-order valence-electron chi connectivity index (χ2n) is 6.78. The van der Waals surface area contributed by atoms with Gasteiger partial charge in [0.05, 0.1) is 5.60 Å². The molecule has 2 fully saturated rings. The van der Waals surface area contributed by atoms with E-state index in [1.807, 2.05) is 0 Å². The third kappa shape index (κ3) is 2.09. The molecule has 110 valence electrons. The van der Waals surface area contributed by atoms with Crippen LogP contribution in [-0.2, 0) is 9.53 Å². The molecule has 6 atom stereocenters. The second kappa shape index (κ2) is 4.74. The van der Waals surface area contributed by atoms with Crippen molar-refractivity contribution in [3.05, 3.63) is 0 Å². The van der Waals surface area contributed by atoms with Crippen LogP contribution in [0.4, 0.5) is 0 Å². The molecule has 2 aliphatic rings. The number of carbonyl (C=O) groups excluding carboxylic acids is 1. The lowest BCUT2D eigenvalue weighted by molar-refractivity contribution is -0.255. The van der Waals surface area contributed by atoms with Gasteiger partial charge in [0, 0.05) is 12.3 Å². The fraction of sp³-hybridized carbons (Fsp3) is 0.933. The van der Waals surface area contributed by atoms with Crippen molar-refractivity contribution in [1.29, 1.82) is 0 Å². The van der Waals surface area contributed by atoms with Gasteiger partial charge in [-0.15, -0.1) is 0 Å². The first kappa shape index (κ1) is 14.8. The van der Waals surface area contributed by atoms with Crippen LogP contribution in [0.5, 0.6) is 0 Å². The van der Waals surface area contributed by atoms with Crippen LogP contribution in [0.15, 0.2) is 0 Å². The van der Waals surface area contributed by atoms with Gasteiger partial charge in [-0.1, -0.05) is 20.8 Å². The number of aliphatic hydroxyl groups excluding tert-OH is 1. The van der Waals surface area contributed by atoms with Crippen molar-refractivity contribution in [2.75, 3.05) is 0 Å². The van der Waals surface area contributed by atoms with E-state index in [2.05, 4.69) is 20.8 Å². The Hall–Kier alpha value is -0.610. The molecule has 0 unspecified atom stereocenters. The lowest BCUT2D eigenvalue weighted by atomic mass is 9.49. The van der Waals surface area contributed by atoms with Crippen LogP contribution >= 0.6 is 0 Å². The molecule has 2 aliphatic carbocycles. The molecule has 0 spiro atoms. The molecule has 2 N–H and O–H groups in total. The van der Waals surface area contributed by atoms with Crippen LogP contribution in [0.1, 0.15) is 53.4 Å². The maximum absolute atomic E-state index is 11.1. The summed E-state index contributed by atoms with van der Waals surface area (Å²) in [5, 5.41) is 21.6. The van der Waals surface area contributed by atoms with E-state index in [4.69, 9.17) is 4.74 Å². The van der Waals surface area contributed by atoms with Crippen LogP contribution < -0.4 is 0 Å². The van der Waals surface area contributed by atoms with Crippen molar-refractivity contribution >= 4 is 5.97 Å². The molecule has 0 radical (unpaired) electrons. The Morgan fingerprint density at radius 3 is 2.47 bits per heavy atom. The highest BCUT2D eigenvalue weighted by atomic mass is 16.6. The summed E-state index contributed by atoms with van der Waals surface area (Å²) in [7, 11) is 0. The zero-order valence-corrected chi connectivity index (χ0v) is 12.3. The van der Waals surface area contributed by atoms with Gasteiger partial charge in [0.15, 0.2) is 0 Å². The highest BCUT2D eigenvalue weighted by Gasteiger charge is 2.62. The third-order valence-corrected chi connectivity index (χ3v) is 5.94. The molecule has 0 heterocycles. The highest BCUT2D eigenvalue weighted by molar-refractivity contribution is 5.66.